The Morgan fingerprint density at radius 3 is 1.31 bits per heavy atom. The third-order valence-corrected chi connectivity index (χ3v) is 10.2. The van der Waals surface area contributed by atoms with Crippen LogP contribution in [0.4, 0.5) is 0 Å². The third kappa shape index (κ3) is 3.45. The first-order valence-electron chi connectivity index (χ1n) is 10.3. The first-order chi connectivity index (χ1) is 14.1. The molecule has 0 aliphatic heterocycles. The van der Waals surface area contributed by atoms with Gasteiger partial charge in [-0.05, 0) is 0 Å². The van der Waals surface area contributed by atoms with Crippen LogP contribution in [0.3, 0.4) is 0 Å². The zero-order valence-corrected chi connectivity index (χ0v) is 22.7. The molecule has 0 N–H and O–H groups in total. The minimum absolute atomic E-state index is 0. The van der Waals surface area contributed by atoms with E-state index in [0.29, 0.717) is 0 Å². The Morgan fingerprint density at radius 1 is 0.500 bits per heavy atom. The van der Waals surface area contributed by atoms with Crippen molar-refractivity contribution < 1.29 is 26.2 Å². The van der Waals surface area contributed by atoms with Gasteiger partial charge in [-0.3, -0.25) is 0 Å². The van der Waals surface area contributed by atoms with Gasteiger partial charge in [0.2, 0.25) is 0 Å². The summed E-state index contributed by atoms with van der Waals surface area (Å²) in [6.45, 7) is 5.01. The molecule has 6 rings (SSSR count). The molecule has 0 saturated heterocycles. The smallest absolute Gasteiger partial charge is 0.358 e. The number of benzene rings is 4. The van der Waals surface area contributed by atoms with Gasteiger partial charge in [-0.15, -0.1) is 77.7 Å². The van der Waals surface area contributed by atoms with E-state index >= 15 is 0 Å². The quantitative estimate of drug-likeness (QED) is 0.169. The first-order valence-corrected chi connectivity index (χ1v) is 13.3. The largest absolute Gasteiger partial charge is 4.00 e. The molecule has 0 aliphatic carbocycles. The summed E-state index contributed by atoms with van der Waals surface area (Å²) >= 11 is 0. The number of hydrogen-bond acceptors (Lipinski definition) is 0. The second-order valence-electron chi connectivity index (χ2n) is 8.62. The summed E-state index contributed by atoms with van der Waals surface area (Å²) in [4.78, 5) is 0. The van der Waals surface area contributed by atoms with Crippen LogP contribution in [0.2, 0.25) is 13.1 Å². The molecule has 32 heavy (non-hydrogen) atoms. The van der Waals surface area contributed by atoms with Crippen molar-refractivity contribution in [3.05, 3.63) is 112 Å². The molecule has 156 valence electrons. The van der Waals surface area contributed by atoms with Gasteiger partial charge in [0.1, 0.15) is 0 Å². The van der Waals surface area contributed by atoms with Gasteiger partial charge >= 0.3 is 26.2 Å². The fourth-order valence-electron chi connectivity index (χ4n) is 5.19. The number of fused-ring (bicyclic) bond motifs is 6. The van der Waals surface area contributed by atoms with Gasteiger partial charge in [0, 0.05) is 8.07 Å². The van der Waals surface area contributed by atoms with E-state index in [1.807, 2.05) is 0 Å². The summed E-state index contributed by atoms with van der Waals surface area (Å²) in [6, 6.07) is 36.1. The van der Waals surface area contributed by atoms with Crippen molar-refractivity contribution in [2.45, 2.75) is 13.1 Å². The van der Waals surface area contributed by atoms with Crippen LogP contribution in [0.5, 0.6) is 0 Å². The van der Waals surface area contributed by atoms with Crippen LogP contribution in [0.15, 0.2) is 97.1 Å². The Hall–Kier alpha value is -2.28. The molecule has 0 aromatic heterocycles. The molecule has 0 nitrogen and oxygen atoms in total. The Kier molecular flexibility index (Phi) is 6.80. The van der Waals surface area contributed by atoms with Crippen molar-refractivity contribution in [1.29, 1.82) is 0 Å². The fraction of sp³-hybridized carbons (Fsp3) is 0.0667. The molecule has 6 aromatic rings. The Bertz CT molecular complexity index is 1420. The van der Waals surface area contributed by atoms with Crippen molar-refractivity contribution in [1.82, 2.24) is 0 Å². The molecule has 0 saturated carbocycles. The Balaban J connectivity index is 0.000000963. The molecule has 0 heterocycles. The Morgan fingerprint density at radius 2 is 0.875 bits per heavy atom. The van der Waals surface area contributed by atoms with Crippen LogP contribution >= 0.6 is 0 Å². The third-order valence-electron chi connectivity index (χ3n) is 6.66. The number of rotatable bonds is 2. The van der Waals surface area contributed by atoms with E-state index < -0.39 is 8.07 Å². The molecule has 0 bridgehead atoms. The van der Waals surface area contributed by atoms with Gasteiger partial charge < -0.3 is 14.9 Å². The molecule has 0 spiro atoms. The summed E-state index contributed by atoms with van der Waals surface area (Å²) in [5.74, 6) is 0. The van der Waals surface area contributed by atoms with E-state index in [9.17, 15) is 0 Å². The van der Waals surface area contributed by atoms with Gasteiger partial charge in [-0.25, -0.2) is 0 Å². The Labute approximate surface area is 211 Å². The van der Waals surface area contributed by atoms with Gasteiger partial charge in [-0.1, -0.05) is 85.9 Å². The fourth-order valence-corrected chi connectivity index (χ4v) is 8.27. The second-order valence-corrected chi connectivity index (χ2v) is 12.9. The SMILES string of the molecule is C[Si](C)(c1cccc2c1[cH-]c1ccccc12)c1cccc2c1[cH-]c1ccccc12.[CH3-].[CH3-].[Zr+4]. The molecule has 0 aliphatic rings. The van der Waals surface area contributed by atoms with Gasteiger partial charge in [0.15, 0.2) is 0 Å². The summed E-state index contributed by atoms with van der Waals surface area (Å²) in [6.07, 6.45) is 0. The first kappa shape index (κ1) is 24.4. The van der Waals surface area contributed by atoms with E-state index in [0.717, 1.165) is 0 Å². The molecule has 0 atom stereocenters. The van der Waals surface area contributed by atoms with Crippen LogP contribution in [-0.4, -0.2) is 8.07 Å². The van der Waals surface area contributed by atoms with E-state index in [1.54, 1.807) is 0 Å². The van der Waals surface area contributed by atoms with Crippen LogP contribution in [-0.2, 0) is 26.2 Å². The van der Waals surface area contributed by atoms with Crippen molar-refractivity contribution in [3.8, 4) is 0 Å². The van der Waals surface area contributed by atoms with E-state index in [-0.39, 0.29) is 41.1 Å². The molecule has 0 unspecified atom stereocenters. The summed E-state index contributed by atoms with van der Waals surface area (Å²) in [5.41, 5.74) is 0. The normalized spacial score (nSPS) is 11.3. The standard InChI is InChI=1S/C28H22Si.2CH3.Zr/c1-29(2,27-15-7-13-23-21-11-5-3-9-19(21)17-25(23)27)28-16-8-14-24-22-12-6-4-10-20(22)18-26(24)28;;;/h3-18H,1-2H3;2*1H3;/q-2;2*-1;+4. The zero-order valence-electron chi connectivity index (χ0n) is 19.2. The topological polar surface area (TPSA) is 0 Å². The van der Waals surface area contributed by atoms with Gasteiger partial charge in [0.05, 0.1) is 0 Å². The van der Waals surface area contributed by atoms with Gasteiger partial charge in [-0.2, -0.15) is 0 Å². The van der Waals surface area contributed by atoms with Crippen molar-refractivity contribution in [2.24, 2.45) is 0 Å². The second kappa shape index (κ2) is 8.93. The summed E-state index contributed by atoms with van der Waals surface area (Å²) in [5, 5.41) is 14.1. The maximum atomic E-state index is 2.51. The van der Waals surface area contributed by atoms with Crippen molar-refractivity contribution in [2.75, 3.05) is 0 Å². The minimum atomic E-state index is -1.91. The van der Waals surface area contributed by atoms with Gasteiger partial charge in [0.25, 0.3) is 0 Å². The zero-order chi connectivity index (χ0) is 19.6. The average molecular weight is 508 g/mol. The molecule has 0 fully saturated rings. The summed E-state index contributed by atoms with van der Waals surface area (Å²) in [7, 11) is -1.91. The van der Waals surface area contributed by atoms with E-state index in [4.69, 9.17) is 0 Å². The van der Waals surface area contributed by atoms with Crippen LogP contribution in [0.1, 0.15) is 0 Å². The summed E-state index contributed by atoms with van der Waals surface area (Å²) < 4.78 is 0. The van der Waals surface area contributed by atoms with Crippen molar-refractivity contribution in [3.63, 3.8) is 0 Å². The molecule has 0 amide bonds. The predicted octanol–water partition coefficient (Wildman–Crippen LogP) is 7.46. The molecular formula is C30H28SiZr. The maximum Gasteiger partial charge on any atom is 4.00 e. The van der Waals surface area contributed by atoms with Crippen LogP contribution in [0.25, 0.3) is 43.1 Å². The molecule has 2 heteroatoms. The minimum Gasteiger partial charge on any atom is -0.358 e. The monoisotopic (exact) mass is 506 g/mol. The van der Waals surface area contributed by atoms with E-state index in [1.165, 1.54) is 53.5 Å². The van der Waals surface area contributed by atoms with Crippen LogP contribution < -0.4 is 10.4 Å². The van der Waals surface area contributed by atoms with Crippen LogP contribution in [0, 0.1) is 14.9 Å². The number of hydrogen-bond donors (Lipinski definition) is 0. The maximum absolute atomic E-state index is 2.51. The molecule has 6 aromatic carbocycles. The molecular weight excluding hydrogens is 480 g/mol. The average Bonchev–Trinajstić information content (AvgIpc) is 3.31. The predicted molar refractivity (Wildman–Crippen MR) is 144 cm³/mol. The van der Waals surface area contributed by atoms with Crippen molar-refractivity contribution >= 4 is 61.5 Å². The van der Waals surface area contributed by atoms with E-state index in [2.05, 4.69) is 110 Å². The molecule has 0 radical (unpaired) electrons.